The van der Waals surface area contributed by atoms with Gasteiger partial charge in [-0.25, -0.2) is 0 Å². The third-order valence-electron chi connectivity index (χ3n) is 3.20. The quantitative estimate of drug-likeness (QED) is 0.732. The van der Waals surface area contributed by atoms with E-state index in [9.17, 15) is 8.78 Å². The Morgan fingerprint density at radius 2 is 2.11 bits per heavy atom. The number of aliphatic hydroxyl groups excluding tert-OH is 1. The molecule has 1 aromatic rings. The average Bonchev–Trinajstić information content (AvgIpc) is 2.82. The monoisotopic (exact) mass is 293 g/mol. The van der Waals surface area contributed by atoms with Gasteiger partial charge >= 0.3 is 0 Å². The van der Waals surface area contributed by atoms with Crippen molar-refractivity contribution >= 4 is 11.8 Å². The summed E-state index contributed by atoms with van der Waals surface area (Å²) in [7, 11) is 0. The predicted octanol–water partition coefficient (Wildman–Crippen LogP) is 3.38. The zero-order valence-electron chi connectivity index (χ0n) is 11.3. The molecule has 1 aromatic heterocycles. The summed E-state index contributed by atoms with van der Waals surface area (Å²) in [5.74, 6) is -0.913. The molecule has 6 heteroatoms. The van der Waals surface area contributed by atoms with Crippen molar-refractivity contribution in [1.82, 2.24) is 5.32 Å². The van der Waals surface area contributed by atoms with Gasteiger partial charge < -0.3 is 14.8 Å². The molecular formula is C13H21F2NO2S. The van der Waals surface area contributed by atoms with Gasteiger partial charge in [-0.2, -0.15) is 8.78 Å². The summed E-state index contributed by atoms with van der Waals surface area (Å²) in [5.41, 5.74) is -0.139. The third kappa shape index (κ3) is 5.93. The second-order valence-corrected chi connectivity index (χ2v) is 5.66. The van der Waals surface area contributed by atoms with Crippen molar-refractivity contribution in [3.63, 3.8) is 0 Å². The maximum absolute atomic E-state index is 12.0. The minimum atomic E-state index is -2.38. The van der Waals surface area contributed by atoms with Gasteiger partial charge in [-0.3, -0.25) is 0 Å². The first-order valence-electron chi connectivity index (χ1n) is 6.32. The number of alkyl halides is 2. The van der Waals surface area contributed by atoms with Gasteiger partial charge in [-0.15, -0.1) is 0 Å². The minimum Gasteiger partial charge on any atom is -0.464 e. The van der Waals surface area contributed by atoms with Crippen LogP contribution in [-0.4, -0.2) is 23.0 Å². The molecule has 0 saturated heterocycles. The lowest BCUT2D eigenvalue weighted by Gasteiger charge is -2.28. The van der Waals surface area contributed by atoms with Crippen molar-refractivity contribution < 1.29 is 18.3 Å². The van der Waals surface area contributed by atoms with E-state index in [1.807, 2.05) is 6.92 Å². The summed E-state index contributed by atoms with van der Waals surface area (Å²) in [6.07, 6.45) is 1.56. The summed E-state index contributed by atoms with van der Waals surface area (Å²) in [6, 6.07) is 3.52. The fourth-order valence-corrected chi connectivity index (χ4v) is 2.12. The number of furan rings is 1. The Kier molecular flexibility index (Phi) is 6.82. The molecule has 1 heterocycles. The van der Waals surface area contributed by atoms with Crippen LogP contribution in [0.1, 0.15) is 38.2 Å². The van der Waals surface area contributed by atoms with Crippen molar-refractivity contribution in [2.24, 2.45) is 0 Å². The van der Waals surface area contributed by atoms with E-state index in [4.69, 9.17) is 9.52 Å². The summed E-state index contributed by atoms with van der Waals surface area (Å²) in [5, 5.41) is 12.4. The molecule has 0 saturated carbocycles. The van der Waals surface area contributed by atoms with Gasteiger partial charge in [-0.1, -0.05) is 18.7 Å². The first kappa shape index (κ1) is 16.5. The van der Waals surface area contributed by atoms with Crippen LogP contribution < -0.4 is 5.32 Å². The number of hydrogen-bond donors (Lipinski definition) is 2. The van der Waals surface area contributed by atoms with E-state index in [-0.39, 0.29) is 17.9 Å². The summed E-state index contributed by atoms with van der Waals surface area (Å²) < 4.78 is 29.6. The lowest BCUT2D eigenvalue weighted by Crippen LogP contribution is -2.41. The summed E-state index contributed by atoms with van der Waals surface area (Å²) in [4.78, 5) is 0. The second-order valence-electron chi connectivity index (χ2n) is 4.68. The zero-order valence-corrected chi connectivity index (χ0v) is 12.1. The van der Waals surface area contributed by atoms with Crippen molar-refractivity contribution in [2.75, 3.05) is 6.61 Å². The van der Waals surface area contributed by atoms with Crippen molar-refractivity contribution in [2.45, 2.75) is 50.3 Å². The van der Waals surface area contributed by atoms with Gasteiger partial charge in [0, 0.05) is 12.1 Å². The summed E-state index contributed by atoms with van der Waals surface area (Å²) in [6.45, 7) is 4.75. The first-order chi connectivity index (χ1) is 8.99. The lowest BCUT2D eigenvalue weighted by molar-refractivity contribution is 0.211. The standard InChI is InChI=1S/C13H21F2NO2S/c1-3-13(2,6-7-17)16-8-10-4-5-11(18-10)9-19-12(14)15/h4-5,12,16-17H,3,6-9H2,1-2H3. The highest BCUT2D eigenvalue weighted by Gasteiger charge is 2.20. The van der Waals surface area contributed by atoms with Crippen LogP contribution in [0.3, 0.4) is 0 Å². The van der Waals surface area contributed by atoms with E-state index >= 15 is 0 Å². The maximum Gasteiger partial charge on any atom is 0.284 e. The number of thioether (sulfide) groups is 1. The molecule has 0 amide bonds. The van der Waals surface area contributed by atoms with Gasteiger partial charge in [0.1, 0.15) is 11.5 Å². The van der Waals surface area contributed by atoms with E-state index in [0.29, 0.717) is 30.5 Å². The molecule has 0 aliphatic carbocycles. The second kappa shape index (κ2) is 7.87. The van der Waals surface area contributed by atoms with Gasteiger partial charge in [0.2, 0.25) is 0 Å². The van der Waals surface area contributed by atoms with E-state index in [1.54, 1.807) is 12.1 Å². The van der Waals surface area contributed by atoms with Gasteiger partial charge in [0.05, 0.1) is 12.3 Å². The van der Waals surface area contributed by atoms with Crippen LogP contribution >= 0.6 is 11.8 Å². The smallest absolute Gasteiger partial charge is 0.284 e. The molecule has 1 atom stereocenters. The molecule has 0 bridgehead atoms. The van der Waals surface area contributed by atoms with Crippen LogP contribution in [0.5, 0.6) is 0 Å². The molecule has 110 valence electrons. The van der Waals surface area contributed by atoms with E-state index in [2.05, 4.69) is 12.2 Å². The molecule has 0 aliphatic rings. The Labute approximate surface area is 116 Å². The van der Waals surface area contributed by atoms with Crippen LogP contribution in [-0.2, 0) is 12.3 Å². The molecule has 0 fully saturated rings. The van der Waals surface area contributed by atoms with Crippen LogP contribution in [0.15, 0.2) is 16.5 Å². The molecule has 0 spiro atoms. The Morgan fingerprint density at radius 3 is 2.68 bits per heavy atom. The van der Waals surface area contributed by atoms with E-state index in [0.717, 1.165) is 12.2 Å². The Balaban J connectivity index is 2.45. The van der Waals surface area contributed by atoms with Gasteiger partial charge in [-0.05, 0) is 31.9 Å². The van der Waals surface area contributed by atoms with Crippen molar-refractivity contribution in [3.8, 4) is 0 Å². The molecule has 2 N–H and O–H groups in total. The van der Waals surface area contributed by atoms with Gasteiger partial charge in [0.15, 0.2) is 0 Å². The Bertz CT molecular complexity index is 373. The average molecular weight is 293 g/mol. The van der Waals surface area contributed by atoms with Crippen LogP contribution in [0.4, 0.5) is 8.78 Å². The highest BCUT2D eigenvalue weighted by atomic mass is 32.2. The van der Waals surface area contributed by atoms with E-state index < -0.39 is 5.76 Å². The summed E-state index contributed by atoms with van der Waals surface area (Å²) >= 11 is 0.553. The predicted molar refractivity (Wildman–Crippen MR) is 73.2 cm³/mol. The number of nitrogens with one attached hydrogen (secondary N) is 1. The van der Waals surface area contributed by atoms with Crippen LogP contribution in [0, 0.1) is 0 Å². The number of aliphatic hydroxyl groups is 1. The fourth-order valence-electron chi connectivity index (χ4n) is 1.68. The number of rotatable bonds is 9. The first-order valence-corrected chi connectivity index (χ1v) is 7.37. The van der Waals surface area contributed by atoms with Crippen molar-refractivity contribution in [1.29, 1.82) is 0 Å². The molecule has 0 radical (unpaired) electrons. The SMILES string of the molecule is CCC(C)(CCO)NCc1ccc(CSC(F)F)o1. The molecule has 0 aromatic carbocycles. The molecule has 0 aliphatic heterocycles. The highest BCUT2D eigenvalue weighted by Crippen LogP contribution is 2.22. The molecule has 19 heavy (non-hydrogen) atoms. The highest BCUT2D eigenvalue weighted by molar-refractivity contribution is 7.98. The largest absolute Gasteiger partial charge is 0.464 e. The van der Waals surface area contributed by atoms with Gasteiger partial charge in [0.25, 0.3) is 5.76 Å². The lowest BCUT2D eigenvalue weighted by atomic mass is 9.95. The number of hydrogen-bond acceptors (Lipinski definition) is 4. The Hall–Kier alpha value is -0.590. The fraction of sp³-hybridized carbons (Fsp3) is 0.692. The third-order valence-corrected chi connectivity index (χ3v) is 3.91. The molecule has 1 unspecified atom stereocenters. The molecular weight excluding hydrogens is 272 g/mol. The van der Waals surface area contributed by atoms with Crippen LogP contribution in [0.2, 0.25) is 0 Å². The topological polar surface area (TPSA) is 45.4 Å². The van der Waals surface area contributed by atoms with E-state index in [1.165, 1.54) is 0 Å². The zero-order chi connectivity index (χ0) is 14.3. The molecule has 3 nitrogen and oxygen atoms in total. The normalized spacial score (nSPS) is 14.8. The van der Waals surface area contributed by atoms with Crippen molar-refractivity contribution in [3.05, 3.63) is 23.7 Å². The Morgan fingerprint density at radius 1 is 1.42 bits per heavy atom. The van der Waals surface area contributed by atoms with Crippen LogP contribution in [0.25, 0.3) is 0 Å². The number of halogens is 2. The maximum atomic E-state index is 12.0. The molecule has 1 rings (SSSR count). The minimum absolute atomic E-state index is 0.131.